The molecule has 5 heteroatoms. The lowest BCUT2D eigenvalue weighted by atomic mass is 10.0. The lowest BCUT2D eigenvalue weighted by Crippen LogP contribution is -2.51. The molecule has 0 radical (unpaired) electrons. The van der Waals surface area contributed by atoms with Crippen molar-refractivity contribution in [3.8, 4) is 5.75 Å². The number of hydrogen-bond donors (Lipinski definition) is 2. The van der Waals surface area contributed by atoms with Crippen molar-refractivity contribution in [1.82, 2.24) is 4.90 Å². The van der Waals surface area contributed by atoms with Gasteiger partial charge in [0.25, 0.3) is 0 Å². The van der Waals surface area contributed by atoms with Crippen LogP contribution in [0.25, 0.3) is 0 Å². The molecule has 1 fully saturated rings. The molecule has 0 saturated carbocycles. The van der Waals surface area contributed by atoms with Crippen LogP contribution in [0.4, 0.5) is 0 Å². The van der Waals surface area contributed by atoms with Crippen LogP contribution < -0.4 is 5.73 Å². The summed E-state index contributed by atoms with van der Waals surface area (Å²) < 4.78 is 5.69. The lowest BCUT2D eigenvalue weighted by molar-refractivity contribution is -0.141. The lowest BCUT2D eigenvalue weighted by Gasteiger charge is -2.35. The highest BCUT2D eigenvalue weighted by Crippen LogP contribution is 2.25. The summed E-state index contributed by atoms with van der Waals surface area (Å²) >= 11 is 0. The van der Waals surface area contributed by atoms with E-state index in [2.05, 4.69) is 0 Å². The summed E-state index contributed by atoms with van der Waals surface area (Å²) in [5, 5.41) is 9.52. The highest BCUT2D eigenvalue weighted by atomic mass is 16.5. The van der Waals surface area contributed by atoms with Gasteiger partial charge < -0.3 is 20.5 Å². The molecule has 0 aliphatic carbocycles. The van der Waals surface area contributed by atoms with Crippen molar-refractivity contribution in [2.24, 2.45) is 11.7 Å². The van der Waals surface area contributed by atoms with E-state index < -0.39 is 6.04 Å². The summed E-state index contributed by atoms with van der Waals surface area (Å²) in [6.07, 6.45) is -0.209. The van der Waals surface area contributed by atoms with Crippen molar-refractivity contribution >= 4 is 5.91 Å². The number of benzene rings is 1. The first-order valence-electron chi connectivity index (χ1n) is 6.94. The number of rotatable bonds is 3. The first kappa shape index (κ1) is 14.8. The fraction of sp³-hybridized carbons (Fsp3) is 0.533. The standard InChI is InChI=1S/C15H22N2O3/c1-10(2)14(16)15(19)17-6-7-20-13(9-17)11-4-3-5-12(18)8-11/h3-5,8,10,13-14,18H,6-7,9,16H2,1-2H3/t13?,14-/m0/s1. The molecule has 2 rings (SSSR count). The molecular formula is C15H22N2O3. The number of amides is 1. The second-order valence-electron chi connectivity index (χ2n) is 5.51. The maximum Gasteiger partial charge on any atom is 0.239 e. The largest absolute Gasteiger partial charge is 0.508 e. The highest BCUT2D eigenvalue weighted by molar-refractivity contribution is 5.82. The summed E-state index contributed by atoms with van der Waals surface area (Å²) in [4.78, 5) is 14.0. The maximum atomic E-state index is 12.3. The number of ether oxygens (including phenoxy) is 1. The molecule has 1 unspecified atom stereocenters. The van der Waals surface area contributed by atoms with Gasteiger partial charge in [-0.25, -0.2) is 0 Å². The summed E-state index contributed by atoms with van der Waals surface area (Å²) in [6.45, 7) is 5.40. The molecule has 1 aliphatic rings. The van der Waals surface area contributed by atoms with Crippen molar-refractivity contribution < 1.29 is 14.6 Å². The van der Waals surface area contributed by atoms with Gasteiger partial charge in [0.05, 0.1) is 19.2 Å². The van der Waals surface area contributed by atoms with Crippen molar-refractivity contribution in [2.75, 3.05) is 19.7 Å². The third-order valence-corrected chi connectivity index (χ3v) is 3.62. The Labute approximate surface area is 119 Å². The van der Waals surface area contributed by atoms with Crippen LogP contribution in [-0.4, -0.2) is 41.7 Å². The van der Waals surface area contributed by atoms with Crippen LogP contribution >= 0.6 is 0 Å². The molecule has 1 amide bonds. The second kappa shape index (κ2) is 6.24. The topological polar surface area (TPSA) is 75.8 Å². The minimum absolute atomic E-state index is 0.0338. The Morgan fingerprint density at radius 2 is 2.25 bits per heavy atom. The van der Waals surface area contributed by atoms with E-state index in [1.807, 2.05) is 19.9 Å². The van der Waals surface area contributed by atoms with Crippen molar-refractivity contribution in [2.45, 2.75) is 26.0 Å². The molecule has 0 aromatic heterocycles. The van der Waals surface area contributed by atoms with Gasteiger partial charge in [0.2, 0.25) is 5.91 Å². The Morgan fingerprint density at radius 3 is 2.90 bits per heavy atom. The number of nitrogens with two attached hydrogens (primary N) is 1. The average molecular weight is 278 g/mol. The van der Waals surface area contributed by atoms with Gasteiger partial charge in [-0.15, -0.1) is 0 Å². The number of nitrogens with zero attached hydrogens (tertiary/aromatic N) is 1. The van der Waals surface area contributed by atoms with Gasteiger partial charge in [-0.05, 0) is 23.6 Å². The molecule has 1 aliphatic heterocycles. The summed E-state index contributed by atoms with van der Waals surface area (Å²) in [7, 11) is 0. The summed E-state index contributed by atoms with van der Waals surface area (Å²) in [5.74, 6) is 0.284. The van der Waals surface area contributed by atoms with Gasteiger partial charge in [0.1, 0.15) is 11.9 Å². The first-order chi connectivity index (χ1) is 9.49. The van der Waals surface area contributed by atoms with E-state index in [1.165, 1.54) is 0 Å². The quantitative estimate of drug-likeness (QED) is 0.873. The fourth-order valence-electron chi connectivity index (χ4n) is 2.27. The molecule has 2 atom stereocenters. The van der Waals surface area contributed by atoms with E-state index in [4.69, 9.17) is 10.5 Å². The molecule has 1 aromatic rings. The zero-order chi connectivity index (χ0) is 14.7. The first-order valence-corrected chi connectivity index (χ1v) is 6.94. The fourth-order valence-corrected chi connectivity index (χ4v) is 2.27. The third-order valence-electron chi connectivity index (χ3n) is 3.62. The maximum absolute atomic E-state index is 12.3. The zero-order valence-corrected chi connectivity index (χ0v) is 12.0. The van der Waals surface area contributed by atoms with E-state index in [-0.39, 0.29) is 23.7 Å². The molecule has 5 nitrogen and oxygen atoms in total. The molecule has 1 saturated heterocycles. The van der Waals surface area contributed by atoms with Crippen LogP contribution in [0.5, 0.6) is 5.75 Å². The zero-order valence-electron chi connectivity index (χ0n) is 12.0. The van der Waals surface area contributed by atoms with Gasteiger partial charge in [-0.1, -0.05) is 26.0 Å². The van der Waals surface area contributed by atoms with Crippen molar-refractivity contribution in [1.29, 1.82) is 0 Å². The molecule has 0 spiro atoms. The Morgan fingerprint density at radius 1 is 1.50 bits per heavy atom. The molecule has 0 bridgehead atoms. The van der Waals surface area contributed by atoms with E-state index in [9.17, 15) is 9.90 Å². The van der Waals surface area contributed by atoms with Crippen molar-refractivity contribution in [3.63, 3.8) is 0 Å². The SMILES string of the molecule is CC(C)[C@H](N)C(=O)N1CCOC(c2cccc(O)c2)C1. The number of aromatic hydroxyl groups is 1. The summed E-state index contributed by atoms with van der Waals surface area (Å²) in [6, 6.07) is 6.47. The predicted octanol–water partition coefficient (Wildman–Crippen LogP) is 1.28. The Hall–Kier alpha value is -1.59. The Bertz CT molecular complexity index is 476. The van der Waals surface area contributed by atoms with Gasteiger partial charge in [0.15, 0.2) is 0 Å². The number of phenols is 1. The molecule has 20 heavy (non-hydrogen) atoms. The van der Waals surface area contributed by atoms with Gasteiger partial charge in [-0.2, -0.15) is 0 Å². The number of hydrogen-bond acceptors (Lipinski definition) is 4. The van der Waals surface area contributed by atoms with Crippen LogP contribution in [0, 0.1) is 5.92 Å². The molecule has 110 valence electrons. The minimum atomic E-state index is -0.474. The highest BCUT2D eigenvalue weighted by Gasteiger charge is 2.29. The molecular weight excluding hydrogens is 256 g/mol. The monoisotopic (exact) mass is 278 g/mol. The number of morpholine rings is 1. The van der Waals surface area contributed by atoms with Crippen LogP contribution in [-0.2, 0) is 9.53 Å². The van der Waals surface area contributed by atoms with Gasteiger partial charge in [-0.3, -0.25) is 4.79 Å². The minimum Gasteiger partial charge on any atom is -0.508 e. The van der Waals surface area contributed by atoms with Gasteiger partial charge >= 0.3 is 0 Å². The van der Waals surface area contributed by atoms with E-state index in [0.717, 1.165) is 5.56 Å². The van der Waals surface area contributed by atoms with Gasteiger partial charge in [0, 0.05) is 6.54 Å². The van der Waals surface area contributed by atoms with Crippen molar-refractivity contribution in [3.05, 3.63) is 29.8 Å². The number of phenolic OH excluding ortho intramolecular Hbond substituents is 1. The van der Waals surface area contributed by atoms with E-state index >= 15 is 0 Å². The third kappa shape index (κ3) is 3.29. The normalized spacial score (nSPS) is 21.0. The Balaban J connectivity index is 2.07. The number of carbonyl (C=O) groups excluding carboxylic acids is 1. The van der Waals surface area contributed by atoms with Crippen LogP contribution in [0.1, 0.15) is 25.5 Å². The predicted molar refractivity (Wildman–Crippen MR) is 76.2 cm³/mol. The molecule has 1 aromatic carbocycles. The smallest absolute Gasteiger partial charge is 0.239 e. The van der Waals surface area contributed by atoms with E-state index in [1.54, 1.807) is 23.1 Å². The average Bonchev–Trinajstić information content (AvgIpc) is 2.45. The van der Waals surface area contributed by atoms with E-state index in [0.29, 0.717) is 19.7 Å². The molecule has 1 heterocycles. The summed E-state index contributed by atoms with van der Waals surface area (Å²) in [5.41, 5.74) is 6.80. The van der Waals surface area contributed by atoms with Crippen LogP contribution in [0.3, 0.4) is 0 Å². The Kier molecular flexibility index (Phi) is 4.62. The van der Waals surface area contributed by atoms with Crippen LogP contribution in [0.15, 0.2) is 24.3 Å². The number of carbonyl (C=O) groups is 1. The van der Waals surface area contributed by atoms with Crippen LogP contribution in [0.2, 0.25) is 0 Å². The molecule has 3 N–H and O–H groups in total. The second-order valence-corrected chi connectivity index (χ2v) is 5.51.